The van der Waals surface area contributed by atoms with Gasteiger partial charge in [0, 0.05) is 11.6 Å². The molecule has 1 atom stereocenters. The van der Waals surface area contributed by atoms with Gasteiger partial charge in [-0.15, -0.1) is 0 Å². The Bertz CT molecular complexity index is 872. The van der Waals surface area contributed by atoms with E-state index in [4.69, 9.17) is 0 Å². The lowest BCUT2D eigenvalue weighted by atomic mass is 9.79. The average molecular weight is 350 g/mol. The van der Waals surface area contributed by atoms with Gasteiger partial charge in [-0.05, 0) is 42.5 Å². The Hall–Kier alpha value is -2.95. The summed E-state index contributed by atoms with van der Waals surface area (Å²) in [5, 5.41) is 5.21. The third kappa shape index (κ3) is 3.52. The summed E-state index contributed by atoms with van der Waals surface area (Å²) in [6.07, 6.45) is 0.771. The number of hydrogen-bond acceptors (Lipinski definition) is 3. The molecule has 0 fully saturated rings. The third-order valence-electron chi connectivity index (χ3n) is 4.75. The van der Waals surface area contributed by atoms with Gasteiger partial charge in [0.25, 0.3) is 17.7 Å². The lowest BCUT2D eigenvalue weighted by Gasteiger charge is -2.29. The molecule has 1 heterocycles. The molecule has 0 saturated carbocycles. The van der Waals surface area contributed by atoms with Crippen LogP contribution in [0.5, 0.6) is 0 Å². The molecule has 134 valence electrons. The highest BCUT2D eigenvalue weighted by molar-refractivity contribution is 6.22. The van der Waals surface area contributed by atoms with E-state index in [1.165, 1.54) is 17.7 Å². The Morgan fingerprint density at radius 2 is 1.69 bits per heavy atom. The van der Waals surface area contributed by atoms with E-state index in [2.05, 4.69) is 36.6 Å². The van der Waals surface area contributed by atoms with Gasteiger partial charge in [0.2, 0.25) is 0 Å². The molecule has 1 unspecified atom stereocenters. The summed E-state index contributed by atoms with van der Waals surface area (Å²) in [4.78, 5) is 35.9. The molecule has 0 radical (unpaired) electrons. The van der Waals surface area contributed by atoms with E-state index in [1.54, 1.807) is 6.07 Å². The molecule has 0 spiro atoms. The smallest absolute Gasteiger partial charge is 0.258 e. The first-order valence-corrected chi connectivity index (χ1v) is 8.64. The number of rotatable bonds is 5. The number of imide groups is 1. The van der Waals surface area contributed by atoms with Crippen molar-refractivity contribution in [3.63, 3.8) is 0 Å². The fourth-order valence-corrected chi connectivity index (χ4v) is 3.44. The number of hydrogen-bond donors (Lipinski definition) is 2. The zero-order valence-corrected chi connectivity index (χ0v) is 15.1. The van der Waals surface area contributed by atoms with Crippen molar-refractivity contribution in [3.05, 3.63) is 70.8 Å². The Morgan fingerprint density at radius 3 is 2.38 bits per heavy atom. The average Bonchev–Trinajstić information content (AvgIpc) is 2.89. The van der Waals surface area contributed by atoms with Crippen molar-refractivity contribution in [2.45, 2.75) is 38.6 Å². The molecule has 2 aromatic rings. The highest BCUT2D eigenvalue weighted by Crippen LogP contribution is 2.28. The van der Waals surface area contributed by atoms with E-state index in [1.807, 2.05) is 25.1 Å². The number of carbonyl (C=O) groups excluding carboxylic acids is 3. The molecule has 1 aliphatic rings. The molecule has 0 aromatic heterocycles. The van der Waals surface area contributed by atoms with Crippen LogP contribution in [-0.2, 0) is 5.41 Å². The summed E-state index contributed by atoms with van der Waals surface area (Å²) in [7, 11) is 0. The predicted molar refractivity (Wildman–Crippen MR) is 99.3 cm³/mol. The van der Waals surface area contributed by atoms with E-state index in [-0.39, 0.29) is 22.9 Å². The fourth-order valence-electron chi connectivity index (χ4n) is 3.44. The number of fused-ring (bicyclic) bond motifs is 1. The van der Waals surface area contributed by atoms with Crippen LogP contribution in [0.3, 0.4) is 0 Å². The molecule has 0 saturated heterocycles. The maximum atomic E-state index is 12.5. The fraction of sp³-hybridized carbons (Fsp3) is 0.286. The summed E-state index contributed by atoms with van der Waals surface area (Å²) in [5.74, 6) is -1.14. The minimum Gasteiger partial charge on any atom is -0.350 e. The third-order valence-corrected chi connectivity index (χ3v) is 4.75. The second kappa shape index (κ2) is 6.75. The summed E-state index contributed by atoms with van der Waals surface area (Å²) >= 11 is 0. The van der Waals surface area contributed by atoms with Crippen molar-refractivity contribution in [2.24, 2.45) is 0 Å². The largest absolute Gasteiger partial charge is 0.350 e. The van der Waals surface area contributed by atoms with Crippen LogP contribution in [0.1, 0.15) is 63.8 Å². The van der Waals surface area contributed by atoms with E-state index < -0.39 is 11.8 Å². The molecule has 5 nitrogen and oxygen atoms in total. The van der Waals surface area contributed by atoms with Crippen molar-refractivity contribution in [1.29, 1.82) is 0 Å². The van der Waals surface area contributed by atoms with Crippen LogP contribution in [0.4, 0.5) is 0 Å². The highest BCUT2D eigenvalue weighted by Gasteiger charge is 2.28. The Labute approximate surface area is 152 Å². The SMILES string of the molecule is CC(CC(C)(C)c1ccccc1)NC(=O)c1ccc2c(c1)C(=O)NC2=O. The molecule has 1 aliphatic heterocycles. The quantitative estimate of drug-likeness (QED) is 0.814. The van der Waals surface area contributed by atoms with Crippen LogP contribution < -0.4 is 10.6 Å². The van der Waals surface area contributed by atoms with Crippen molar-refractivity contribution in [1.82, 2.24) is 10.6 Å². The van der Waals surface area contributed by atoms with Crippen LogP contribution in [0.2, 0.25) is 0 Å². The number of benzene rings is 2. The first-order valence-electron chi connectivity index (χ1n) is 8.64. The topological polar surface area (TPSA) is 75.3 Å². The van der Waals surface area contributed by atoms with E-state index in [0.717, 1.165) is 6.42 Å². The van der Waals surface area contributed by atoms with Gasteiger partial charge in [-0.2, -0.15) is 0 Å². The van der Waals surface area contributed by atoms with Crippen molar-refractivity contribution in [3.8, 4) is 0 Å². The summed E-state index contributed by atoms with van der Waals surface area (Å²) in [5.41, 5.74) is 2.06. The van der Waals surface area contributed by atoms with Gasteiger partial charge >= 0.3 is 0 Å². The van der Waals surface area contributed by atoms with Crippen molar-refractivity contribution < 1.29 is 14.4 Å². The van der Waals surface area contributed by atoms with Crippen LogP contribution in [0, 0.1) is 0 Å². The standard InChI is InChI=1S/C21H22N2O3/c1-13(12-21(2,3)15-7-5-4-6-8-15)22-18(24)14-9-10-16-17(11-14)20(26)23-19(16)25/h4-11,13H,12H2,1-3H3,(H,22,24)(H,23,25,26). The summed E-state index contributed by atoms with van der Waals surface area (Å²) in [6, 6.07) is 14.7. The lowest BCUT2D eigenvalue weighted by molar-refractivity contribution is 0.0878. The number of amides is 3. The molecule has 2 aromatic carbocycles. The maximum Gasteiger partial charge on any atom is 0.258 e. The highest BCUT2D eigenvalue weighted by atomic mass is 16.2. The first-order chi connectivity index (χ1) is 12.3. The predicted octanol–water partition coefficient (Wildman–Crippen LogP) is 3.06. The molecular weight excluding hydrogens is 328 g/mol. The van der Waals surface area contributed by atoms with Crippen molar-refractivity contribution in [2.75, 3.05) is 0 Å². The van der Waals surface area contributed by atoms with E-state index >= 15 is 0 Å². The van der Waals surface area contributed by atoms with Crippen LogP contribution in [0.25, 0.3) is 0 Å². The Balaban J connectivity index is 1.69. The van der Waals surface area contributed by atoms with Gasteiger partial charge in [-0.25, -0.2) is 0 Å². The van der Waals surface area contributed by atoms with Crippen LogP contribution >= 0.6 is 0 Å². The first kappa shape index (κ1) is 17.9. The van der Waals surface area contributed by atoms with Crippen molar-refractivity contribution >= 4 is 17.7 Å². The Kier molecular flexibility index (Phi) is 4.64. The van der Waals surface area contributed by atoms with Gasteiger partial charge in [0.1, 0.15) is 0 Å². The van der Waals surface area contributed by atoms with Gasteiger partial charge in [0.05, 0.1) is 11.1 Å². The zero-order chi connectivity index (χ0) is 18.9. The van der Waals surface area contributed by atoms with Crippen LogP contribution in [0.15, 0.2) is 48.5 Å². The molecule has 3 rings (SSSR count). The molecule has 26 heavy (non-hydrogen) atoms. The molecule has 0 bridgehead atoms. The molecule has 3 amide bonds. The normalized spacial score (nSPS) is 14.6. The van der Waals surface area contributed by atoms with E-state index in [9.17, 15) is 14.4 Å². The minimum absolute atomic E-state index is 0.0542. The van der Waals surface area contributed by atoms with E-state index in [0.29, 0.717) is 11.1 Å². The zero-order valence-electron chi connectivity index (χ0n) is 15.1. The maximum absolute atomic E-state index is 12.5. The van der Waals surface area contributed by atoms with Crippen LogP contribution in [-0.4, -0.2) is 23.8 Å². The summed E-state index contributed by atoms with van der Waals surface area (Å²) in [6.45, 7) is 6.26. The number of nitrogens with one attached hydrogen (secondary N) is 2. The molecule has 2 N–H and O–H groups in total. The minimum atomic E-state index is -0.460. The molecule has 5 heteroatoms. The molecule has 0 aliphatic carbocycles. The lowest BCUT2D eigenvalue weighted by Crippen LogP contribution is -2.37. The molecular formula is C21H22N2O3. The van der Waals surface area contributed by atoms with Gasteiger partial charge < -0.3 is 5.32 Å². The summed E-state index contributed by atoms with van der Waals surface area (Å²) < 4.78 is 0. The second-order valence-electron chi connectivity index (χ2n) is 7.37. The van der Waals surface area contributed by atoms with Gasteiger partial charge in [-0.1, -0.05) is 44.2 Å². The Morgan fingerprint density at radius 1 is 1.04 bits per heavy atom. The van der Waals surface area contributed by atoms with Gasteiger partial charge in [0.15, 0.2) is 0 Å². The monoisotopic (exact) mass is 350 g/mol. The number of carbonyl (C=O) groups is 3. The second-order valence-corrected chi connectivity index (χ2v) is 7.37. The van der Waals surface area contributed by atoms with Gasteiger partial charge in [-0.3, -0.25) is 19.7 Å².